The van der Waals surface area contributed by atoms with Crippen molar-refractivity contribution in [2.24, 2.45) is 0 Å². The molecule has 0 saturated carbocycles. The van der Waals surface area contributed by atoms with Crippen LogP contribution in [0.4, 0.5) is 16.6 Å². The first-order valence-corrected chi connectivity index (χ1v) is 12.9. The largest absolute Gasteiger partial charge is 0.397 e. The Bertz CT molecular complexity index is 1560. The van der Waals surface area contributed by atoms with Gasteiger partial charge in [-0.1, -0.05) is 37.3 Å². The first-order chi connectivity index (χ1) is 16.5. The lowest BCUT2D eigenvalue weighted by atomic mass is 9.96. The van der Waals surface area contributed by atoms with Gasteiger partial charge in [-0.15, -0.1) is 34.0 Å². The summed E-state index contributed by atoms with van der Waals surface area (Å²) in [5.41, 5.74) is 16.5. The van der Waals surface area contributed by atoms with Gasteiger partial charge >= 0.3 is 0 Å². The predicted molar refractivity (Wildman–Crippen MR) is 141 cm³/mol. The minimum atomic E-state index is -0.378. The van der Waals surface area contributed by atoms with Crippen molar-refractivity contribution in [3.63, 3.8) is 0 Å². The molecule has 0 fully saturated rings. The monoisotopic (exact) mass is 502 g/mol. The molecule has 168 valence electrons. The van der Waals surface area contributed by atoms with Gasteiger partial charge in [0.25, 0.3) is 5.91 Å². The van der Waals surface area contributed by atoms with Gasteiger partial charge in [0.05, 0.1) is 16.3 Å². The molecule has 0 bridgehead atoms. The number of benzene rings is 1. The van der Waals surface area contributed by atoms with E-state index < -0.39 is 0 Å². The van der Waals surface area contributed by atoms with Crippen molar-refractivity contribution in [2.75, 3.05) is 16.8 Å². The maximum atomic E-state index is 13.1. The van der Waals surface area contributed by atoms with E-state index in [4.69, 9.17) is 11.5 Å². The normalized spacial score (nSPS) is 10.9. The van der Waals surface area contributed by atoms with Crippen LogP contribution < -0.4 is 16.8 Å². The Kier molecular flexibility index (Phi) is 5.75. The number of aromatic nitrogens is 2. The molecule has 0 unspecified atom stereocenters. The molecule has 7 nitrogen and oxygen atoms in total. The first kappa shape index (κ1) is 22.0. The third-order valence-electron chi connectivity index (χ3n) is 5.37. The van der Waals surface area contributed by atoms with E-state index in [1.54, 1.807) is 11.3 Å². The highest BCUT2D eigenvalue weighted by atomic mass is 32.1. The molecule has 0 atom stereocenters. The second kappa shape index (κ2) is 8.87. The van der Waals surface area contributed by atoms with Gasteiger partial charge in [0.15, 0.2) is 5.13 Å². The van der Waals surface area contributed by atoms with Crippen LogP contribution in [0.2, 0.25) is 0 Å². The molecule has 1 amide bonds. The number of pyridine rings is 1. The number of nitrogens with zero attached hydrogens (tertiary/aromatic N) is 3. The molecule has 0 aliphatic carbocycles. The number of nitrogens with two attached hydrogens (primary N) is 2. The van der Waals surface area contributed by atoms with E-state index in [2.05, 4.69) is 28.3 Å². The van der Waals surface area contributed by atoms with E-state index in [9.17, 15) is 10.1 Å². The SMILES string of the molecule is CCc1ccc(-c2c(C#N)c(N)nc3sc(C(=O)Nc4nc(-c5cccs5)cs4)c(N)c23)cc1. The summed E-state index contributed by atoms with van der Waals surface area (Å²) in [6, 6.07) is 14.0. The molecule has 0 aliphatic rings. The number of thiazole rings is 1. The Morgan fingerprint density at radius 1 is 1.15 bits per heavy atom. The number of nitriles is 1. The van der Waals surface area contributed by atoms with E-state index in [0.29, 0.717) is 25.8 Å². The summed E-state index contributed by atoms with van der Waals surface area (Å²) in [5, 5.41) is 17.6. The van der Waals surface area contributed by atoms with Crippen LogP contribution in [-0.4, -0.2) is 15.9 Å². The van der Waals surface area contributed by atoms with Crippen molar-refractivity contribution in [3.8, 4) is 27.8 Å². The maximum Gasteiger partial charge on any atom is 0.269 e. The Labute approximate surface area is 207 Å². The highest BCUT2D eigenvalue weighted by Gasteiger charge is 2.25. The lowest BCUT2D eigenvalue weighted by Crippen LogP contribution is -2.11. The molecule has 1 aromatic carbocycles. The minimum Gasteiger partial charge on any atom is -0.397 e. The molecule has 5 N–H and O–H groups in total. The number of carbonyl (C=O) groups is 1. The molecular formula is C24H18N6OS3. The van der Waals surface area contributed by atoms with Gasteiger partial charge < -0.3 is 11.5 Å². The van der Waals surface area contributed by atoms with Gasteiger partial charge in [-0.2, -0.15) is 5.26 Å². The van der Waals surface area contributed by atoms with Crippen LogP contribution in [-0.2, 0) is 6.42 Å². The Balaban J connectivity index is 1.57. The molecule has 34 heavy (non-hydrogen) atoms. The molecule has 0 saturated heterocycles. The summed E-state index contributed by atoms with van der Waals surface area (Å²) in [6.45, 7) is 2.08. The molecule has 4 aromatic heterocycles. The Morgan fingerprint density at radius 3 is 2.62 bits per heavy atom. The molecule has 5 aromatic rings. The third-order valence-corrected chi connectivity index (χ3v) is 8.12. The number of hydrogen-bond donors (Lipinski definition) is 3. The zero-order chi connectivity index (χ0) is 23.8. The lowest BCUT2D eigenvalue weighted by molar-refractivity contribution is 0.103. The topological polar surface area (TPSA) is 131 Å². The number of aryl methyl sites for hydroxylation is 1. The van der Waals surface area contributed by atoms with Gasteiger partial charge in [0.2, 0.25) is 0 Å². The lowest BCUT2D eigenvalue weighted by Gasteiger charge is -2.10. The number of nitrogen functional groups attached to an aromatic ring is 2. The van der Waals surface area contributed by atoms with Crippen molar-refractivity contribution in [3.05, 3.63) is 63.2 Å². The van der Waals surface area contributed by atoms with E-state index in [-0.39, 0.29) is 23.0 Å². The molecule has 0 spiro atoms. The van der Waals surface area contributed by atoms with Gasteiger partial charge in [-0.3, -0.25) is 10.1 Å². The standard InChI is InChI=1S/C24H18N6OS3/c1-2-12-5-7-13(8-6-12)17-14(10-25)21(27)29-23-18(17)19(26)20(34-23)22(31)30-24-28-15(11-33-24)16-4-3-9-32-16/h3-9,11H,2,26H2,1H3,(H2,27,29)(H,28,30,31). The number of nitrogens with one attached hydrogen (secondary N) is 1. The van der Waals surface area contributed by atoms with Crippen molar-refractivity contribution >= 4 is 66.8 Å². The summed E-state index contributed by atoms with van der Waals surface area (Å²) in [7, 11) is 0. The number of carbonyl (C=O) groups excluding carboxylic acids is 1. The van der Waals surface area contributed by atoms with Crippen LogP contribution in [0, 0.1) is 11.3 Å². The number of thiophene rings is 2. The smallest absolute Gasteiger partial charge is 0.269 e. The Hall–Kier alpha value is -3.78. The van der Waals surface area contributed by atoms with E-state index in [0.717, 1.165) is 33.9 Å². The van der Waals surface area contributed by atoms with E-state index in [1.807, 2.05) is 47.2 Å². The fourth-order valence-corrected chi connectivity index (χ4v) is 6.14. The van der Waals surface area contributed by atoms with Gasteiger partial charge in [-0.25, -0.2) is 9.97 Å². The van der Waals surface area contributed by atoms with Crippen molar-refractivity contribution < 1.29 is 4.79 Å². The zero-order valence-electron chi connectivity index (χ0n) is 18.0. The first-order valence-electron chi connectivity index (χ1n) is 10.3. The van der Waals surface area contributed by atoms with Crippen molar-refractivity contribution in [2.45, 2.75) is 13.3 Å². The molecule has 0 radical (unpaired) electrons. The van der Waals surface area contributed by atoms with Crippen LogP contribution in [0.3, 0.4) is 0 Å². The number of rotatable bonds is 5. The average molecular weight is 503 g/mol. The van der Waals surface area contributed by atoms with E-state index >= 15 is 0 Å². The highest BCUT2D eigenvalue weighted by molar-refractivity contribution is 7.21. The van der Waals surface area contributed by atoms with Crippen molar-refractivity contribution in [1.29, 1.82) is 5.26 Å². The third kappa shape index (κ3) is 3.80. The van der Waals surface area contributed by atoms with E-state index in [1.165, 1.54) is 16.9 Å². The summed E-state index contributed by atoms with van der Waals surface area (Å²) in [4.78, 5) is 23.9. The Morgan fingerprint density at radius 2 is 1.94 bits per heavy atom. The molecule has 5 rings (SSSR count). The second-order valence-corrected chi connectivity index (χ2v) is 10.2. The fraction of sp³-hybridized carbons (Fsp3) is 0.0833. The molecule has 0 aliphatic heterocycles. The minimum absolute atomic E-state index is 0.110. The second-order valence-electron chi connectivity index (χ2n) is 7.40. The number of hydrogen-bond acceptors (Lipinski definition) is 9. The van der Waals surface area contributed by atoms with Crippen LogP contribution in [0.1, 0.15) is 27.7 Å². The molecular weight excluding hydrogens is 485 g/mol. The maximum absolute atomic E-state index is 13.1. The summed E-state index contributed by atoms with van der Waals surface area (Å²) >= 11 is 4.07. The van der Waals surface area contributed by atoms with Crippen LogP contribution in [0.15, 0.2) is 47.2 Å². The average Bonchev–Trinajstić information content (AvgIpc) is 3.59. The summed E-state index contributed by atoms with van der Waals surface area (Å²) in [5.74, 6) is -0.268. The van der Waals surface area contributed by atoms with Crippen LogP contribution in [0.25, 0.3) is 31.9 Å². The number of anilines is 3. The predicted octanol–water partition coefficient (Wildman–Crippen LogP) is 6.00. The molecule has 4 heterocycles. The van der Waals surface area contributed by atoms with Gasteiger partial charge in [-0.05, 0) is 29.0 Å². The van der Waals surface area contributed by atoms with Crippen molar-refractivity contribution in [1.82, 2.24) is 9.97 Å². The van der Waals surface area contributed by atoms with Gasteiger partial charge in [0.1, 0.15) is 27.2 Å². The molecule has 10 heteroatoms. The van der Waals surface area contributed by atoms with Crippen LogP contribution in [0.5, 0.6) is 0 Å². The summed E-state index contributed by atoms with van der Waals surface area (Å²) < 4.78 is 0. The summed E-state index contributed by atoms with van der Waals surface area (Å²) in [6.07, 6.45) is 0.898. The number of fused-ring (bicyclic) bond motifs is 1. The highest BCUT2D eigenvalue weighted by Crippen LogP contribution is 2.43. The van der Waals surface area contributed by atoms with Crippen LogP contribution >= 0.6 is 34.0 Å². The van der Waals surface area contributed by atoms with Gasteiger partial charge in [0, 0.05) is 16.3 Å². The quantitative estimate of drug-likeness (QED) is 0.270. The number of amides is 1. The fourth-order valence-electron chi connectivity index (χ4n) is 3.67. The zero-order valence-corrected chi connectivity index (χ0v) is 20.4.